The lowest BCUT2D eigenvalue weighted by molar-refractivity contribution is -0.0530. The van der Waals surface area contributed by atoms with Gasteiger partial charge in [0.2, 0.25) is 0 Å². The number of morpholine rings is 1. The average molecular weight is 301 g/mol. The smallest absolute Gasteiger partial charge is 0.322 e. The van der Waals surface area contributed by atoms with E-state index in [2.05, 4.69) is 22.9 Å². The topological polar surface area (TPSA) is 46.5 Å². The van der Waals surface area contributed by atoms with Crippen LogP contribution in [0.25, 0.3) is 10.9 Å². The van der Waals surface area contributed by atoms with Gasteiger partial charge in [-0.25, -0.2) is 4.79 Å². The van der Waals surface area contributed by atoms with E-state index < -0.39 is 0 Å². The number of nitrogens with zero attached hydrogens (tertiary/aromatic N) is 2. The van der Waals surface area contributed by atoms with Gasteiger partial charge < -0.3 is 19.5 Å². The number of hydrogen-bond donors (Lipinski definition) is 1. The number of fused-ring (bicyclic) bond motifs is 1. The maximum Gasteiger partial charge on any atom is 0.322 e. The van der Waals surface area contributed by atoms with Crippen LogP contribution in [0.3, 0.4) is 0 Å². The van der Waals surface area contributed by atoms with E-state index in [9.17, 15) is 4.79 Å². The van der Waals surface area contributed by atoms with Crippen molar-refractivity contribution in [1.29, 1.82) is 0 Å². The second kappa shape index (κ2) is 6.01. The summed E-state index contributed by atoms with van der Waals surface area (Å²) in [7, 11) is 0. The largest absolute Gasteiger partial charge is 0.372 e. The van der Waals surface area contributed by atoms with Crippen LogP contribution in [0.5, 0.6) is 0 Å². The number of aryl methyl sites for hydroxylation is 1. The fourth-order valence-corrected chi connectivity index (χ4v) is 3.15. The van der Waals surface area contributed by atoms with E-state index >= 15 is 0 Å². The minimum Gasteiger partial charge on any atom is -0.372 e. The van der Waals surface area contributed by atoms with Gasteiger partial charge in [0.25, 0.3) is 0 Å². The zero-order chi connectivity index (χ0) is 15.7. The van der Waals surface area contributed by atoms with Crippen LogP contribution >= 0.6 is 0 Å². The molecule has 1 N–H and O–H groups in total. The van der Waals surface area contributed by atoms with Crippen molar-refractivity contribution in [2.75, 3.05) is 18.4 Å². The molecule has 3 rings (SSSR count). The molecule has 1 aromatic carbocycles. The molecule has 0 bridgehead atoms. The Morgan fingerprint density at radius 2 is 1.95 bits per heavy atom. The third kappa shape index (κ3) is 2.81. The quantitative estimate of drug-likeness (QED) is 0.925. The van der Waals surface area contributed by atoms with Crippen LogP contribution in [0, 0.1) is 0 Å². The summed E-state index contributed by atoms with van der Waals surface area (Å²) in [6, 6.07) is 8.08. The summed E-state index contributed by atoms with van der Waals surface area (Å²) in [5.41, 5.74) is 2.01. The molecule has 118 valence electrons. The molecule has 1 fully saturated rings. The first kappa shape index (κ1) is 14.9. The lowest BCUT2D eigenvalue weighted by Crippen LogP contribution is -2.49. The number of carbonyl (C=O) groups excluding carboxylic acids is 1. The zero-order valence-corrected chi connectivity index (χ0v) is 13.4. The predicted octanol–water partition coefficient (Wildman–Crippen LogP) is 3.30. The van der Waals surface area contributed by atoms with Gasteiger partial charge in [0.1, 0.15) is 0 Å². The molecule has 0 saturated carbocycles. The van der Waals surface area contributed by atoms with Crippen LogP contribution in [-0.4, -0.2) is 40.8 Å². The van der Waals surface area contributed by atoms with Gasteiger partial charge in [-0.3, -0.25) is 0 Å². The number of hydrogen-bond acceptors (Lipinski definition) is 2. The normalized spacial score (nSPS) is 22.0. The van der Waals surface area contributed by atoms with Crippen molar-refractivity contribution in [1.82, 2.24) is 9.47 Å². The molecule has 1 aliphatic rings. The number of anilines is 1. The van der Waals surface area contributed by atoms with E-state index in [1.54, 1.807) is 0 Å². The second-order valence-corrected chi connectivity index (χ2v) is 5.94. The number of amides is 2. The van der Waals surface area contributed by atoms with Crippen LogP contribution in [0.2, 0.25) is 0 Å². The van der Waals surface area contributed by atoms with Crippen molar-refractivity contribution < 1.29 is 9.53 Å². The Morgan fingerprint density at radius 3 is 2.64 bits per heavy atom. The number of ether oxygens (including phenoxy) is 1. The highest BCUT2D eigenvalue weighted by atomic mass is 16.5. The maximum atomic E-state index is 12.5. The Labute approximate surface area is 130 Å². The van der Waals surface area contributed by atoms with Gasteiger partial charge in [-0.05, 0) is 26.8 Å². The van der Waals surface area contributed by atoms with Gasteiger partial charge >= 0.3 is 6.03 Å². The van der Waals surface area contributed by atoms with Crippen LogP contribution in [0.15, 0.2) is 30.5 Å². The zero-order valence-electron chi connectivity index (χ0n) is 13.4. The van der Waals surface area contributed by atoms with Gasteiger partial charge in [-0.2, -0.15) is 0 Å². The molecule has 0 unspecified atom stereocenters. The first-order valence-electron chi connectivity index (χ1n) is 7.87. The molecule has 2 aromatic rings. The van der Waals surface area contributed by atoms with Crippen molar-refractivity contribution >= 4 is 22.6 Å². The summed E-state index contributed by atoms with van der Waals surface area (Å²) in [5, 5.41) is 4.14. The average Bonchev–Trinajstić information content (AvgIpc) is 2.84. The number of carbonyl (C=O) groups is 1. The SMILES string of the molecule is CCn1cc(NC(=O)N2C[C@@H](C)O[C@@H](C)C2)c2ccccc21. The first-order chi connectivity index (χ1) is 10.6. The van der Waals surface area contributed by atoms with Crippen molar-refractivity contribution in [2.24, 2.45) is 0 Å². The van der Waals surface area contributed by atoms with Crippen LogP contribution in [-0.2, 0) is 11.3 Å². The van der Waals surface area contributed by atoms with Crippen LogP contribution < -0.4 is 5.32 Å². The van der Waals surface area contributed by atoms with Crippen molar-refractivity contribution in [3.8, 4) is 0 Å². The van der Waals surface area contributed by atoms with Gasteiger partial charge in [-0.1, -0.05) is 18.2 Å². The first-order valence-corrected chi connectivity index (χ1v) is 7.87. The second-order valence-electron chi connectivity index (χ2n) is 5.94. The summed E-state index contributed by atoms with van der Waals surface area (Å²) in [6.45, 7) is 8.23. The van der Waals surface area contributed by atoms with Gasteiger partial charge in [0.15, 0.2) is 0 Å². The van der Waals surface area contributed by atoms with Gasteiger partial charge in [0, 0.05) is 31.2 Å². The molecule has 1 aliphatic heterocycles. The molecule has 5 nitrogen and oxygen atoms in total. The Balaban J connectivity index is 1.82. The minimum atomic E-state index is -0.0546. The van der Waals surface area contributed by atoms with E-state index in [0.717, 1.165) is 23.1 Å². The van der Waals surface area contributed by atoms with Gasteiger partial charge in [0.05, 0.1) is 23.4 Å². The van der Waals surface area contributed by atoms with Gasteiger partial charge in [-0.15, -0.1) is 0 Å². The molecular weight excluding hydrogens is 278 g/mol. The van der Waals surface area contributed by atoms with E-state index in [0.29, 0.717) is 13.1 Å². The van der Waals surface area contributed by atoms with Crippen molar-refractivity contribution in [2.45, 2.75) is 39.5 Å². The fourth-order valence-electron chi connectivity index (χ4n) is 3.15. The molecule has 0 radical (unpaired) electrons. The molecule has 2 atom stereocenters. The molecule has 5 heteroatoms. The lowest BCUT2D eigenvalue weighted by Gasteiger charge is -2.35. The molecule has 22 heavy (non-hydrogen) atoms. The predicted molar refractivity (Wildman–Crippen MR) is 88.2 cm³/mol. The highest BCUT2D eigenvalue weighted by Gasteiger charge is 2.26. The van der Waals surface area contributed by atoms with Crippen LogP contribution in [0.1, 0.15) is 20.8 Å². The summed E-state index contributed by atoms with van der Waals surface area (Å²) in [4.78, 5) is 14.4. The number of benzene rings is 1. The number of urea groups is 1. The number of nitrogens with one attached hydrogen (secondary N) is 1. The Kier molecular flexibility index (Phi) is 4.07. The lowest BCUT2D eigenvalue weighted by atomic mass is 10.2. The summed E-state index contributed by atoms with van der Waals surface area (Å²) >= 11 is 0. The summed E-state index contributed by atoms with van der Waals surface area (Å²) < 4.78 is 7.83. The molecular formula is C17H23N3O2. The van der Waals surface area contributed by atoms with E-state index in [1.807, 2.05) is 43.1 Å². The standard InChI is InChI=1S/C17H23N3O2/c1-4-19-11-15(14-7-5-6-8-16(14)19)18-17(21)20-9-12(2)22-13(3)10-20/h5-8,11-13H,4,9-10H2,1-3H3,(H,18,21)/t12-,13+. The number of rotatable bonds is 2. The molecule has 2 amide bonds. The molecule has 2 heterocycles. The van der Waals surface area contributed by atoms with Crippen molar-refractivity contribution in [3.05, 3.63) is 30.5 Å². The molecule has 1 aromatic heterocycles. The van der Waals surface area contributed by atoms with Crippen LogP contribution in [0.4, 0.5) is 10.5 Å². The minimum absolute atomic E-state index is 0.0546. The summed E-state index contributed by atoms with van der Waals surface area (Å²) in [5.74, 6) is 0. The molecule has 1 saturated heterocycles. The maximum absolute atomic E-state index is 12.5. The van der Waals surface area contributed by atoms with E-state index in [1.165, 1.54) is 0 Å². The highest BCUT2D eigenvalue weighted by Crippen LogP contribution is 2.26. The fraction of sp³-hybridized carbons (Fsp3) is 0.471. The third-order valence-corrected chi connectivity index (χ3v) is 4.08. The van der Waals surface area contributed by atoms with E-state index in [-0.39, 0.29) is 18.2 Å². The molecule has 0 aliphatic carbocycles. The Hall–Kier alpha value is -2.01. The number of aromatic nitrogens is 1. The highest BCUT2D eigenvalue weighted by molar-refractivity contribution is 6.01. The van der Waals surface area contributed by atoms with Crippen molar-refractivity contribution in [3.63, 3.8) is 0 Å². The van der Waals surface area contributed by atoms with E-state index in [4.69, 9.17) is 4.74 Å². The monoisotopic (exact) mass is 301 g/mol. The number of para-hydroxylation sites is 1. The third-order valence-electron chi connectivity index (χ3n) is 4.08. The Morgan fingerprint density at radius 1 is 1.27 bits per heavy atom. The molecule has 0 spiro atoms. The summed E-state index contributed by atoms with van der Waals surface area (Å²) in [6.07, 6.45) is 2.16. The Bertz CT molecular complexity index is 670.